The van der Waals surface area contributed by atoms with E-state index in [1.807, 2.05) is 49.4 Å². The summed E-state index contributed by atoms with van der Waals surface area (Å²) in [7, 11) is 0. The van der Waals surface area contributed by atoms with Crippen LogP contribution in [0.25, 0.3) is 0 Å². The summed E-state index contributed by atoms with van der Waals surface area (Å²) in [5.74, 6) is -0.0261. The number of carbonyl (C=O) groups excluding carboxylic acids is 3. The second kappa shape index (κ2) is 11.3. The van der Waals surface area contributed by atoms with Crippen molar-refractivity contribution in [2.24, 2.45) is 0 Å². The molecule has 2 amide bonds. The van der Waals surface area contributed by atoms with Crippen molar-refractivity contribution < 1.29 is 23.9 Å². The van der Waals surface area contributed by atoms with Crippen LogP contribution < -0.4 is 15.4 Å². The Balaban J connectivity index is 1.36. The maximum absolute atomic E-state index is 12.1. The van der Waals surface area contributed by atoms with Crippen molar-refractivity contribution >= 4 is 29.2 Å². The highest BCUT2D eigenvalue weighted by atomic mass is 16.5. The highest BCUT2D eigenvalue weighted by Crippen LogP contribution is 2.22. The average Bonchev–Trinajstić information content (AvgIpc) is 2.80. The number of amides is 2. The molecule has 0 saturated heterocycles. The third kappa shape index (κ3) is 7.28. The number of hydrogen-bond acceptors (Lipinski definition) is 5. The van der Waals surface area contributed by atoms with E-state index in [0.29, 0.717) is 17.1 Å². The van der Waals surface area contributed by atoms with E-state index in [1.165, 1.54) is 0 Å². The van der Waals surface area contributed by atoms with Gasteiger partial charge >= 0.3 is 5.97 Å². The Morgan fingerprint density at radius 2 is 1.38 bits per heavy atom. The molecular weight excluding hydrogens is 408 g/mol. The number of ether oxygens (including phenoxy) is 2. The Labute approximate surface area is 186 Å². The summed E-state index contributed by atoms with van der Waals surface area (Å²) in [5.41, 5.74) is 2.15. The van der Waals surface area contributed by atoms with Crippen LogP contribution in [0.3, 0.4) is 0 Å². The van der Waals surface area contributed by atoms with Gasteiger partial charge in [-0.05, 0) is 55.0 Å². The maximum atomic E-state index is 12.1. The fourth-order valence-corrected chi connectivity index (χ4v) is 2.79. The smallest absolute Gasteiger partial charge is 0.306 e. The van der Waals surface area contributed by atoms with Crippen molar-refractivity contribution in [3.05, 3.63) is 84.4 Å². The minimum atomic E-state index is -0.619. The van der Waals surface area contributed by atoms with Gasteiger partial charge in [0.25, 0.3) is 5.91 Å². The van der Waals surface area contributed by atoms with Crippen molar-refractivity contribution in [3.63, 3.8) is 0 Å². The number of para-hydroxylation sites is 2. The molecule has 0 aromatic heterocycles. The van der Waals surface area contributed by atoms with Crippen molar-refractivity contribution in [1.82, 2.24) is 0 Å². The molecule has 0 aliphatic rings. The summed E-state index contributed by atoms with van der Waals surface area (Å²) in [6.07, 6.45) is -0.181. The first-order chi connectivity index (χ1) is 15.5. The molecule has 0 aliphatic heterocycles. The van der Waals surface area contributed by atoms with Gasteiger partial charge in [0.1, 0.15) is 11.5 Å². The van der Waals surface area contributed by atoms with Gasteiger partial charge in [-0.2, -0.15) is 0 Å². The van der Waals surface area contributed by atoms with Gasteiger partial charge in [-0.3, -0.25) is 14.4 Å². The summed E-state index contributed by atoms with van der Waals surface area (Å²) in [4.78, 5) is 35.8. The van der Waals surface area contributed by atoms with Crippen molar-refractivity contribution in [3.8, 4) is 11.5 Å². The second-order valence-corrected chi connectivity index (χ2v) is 7.01. The molecule has 7 heteroatoms. The van der Waals surface area contributed by atoms with Crippen LogP contribution in [-0.2, 0) is 19.1 Å². The Morgan fingerprint density at radius 1 is 0.719 bits per heavy atom. The molecule has 3 aromatic rings. The standard InChI is InChI=1S/C25H24N2O5/c1-18-7-5-6-10-22(18)27-24(29)17-31-25(30)16-15-23(28)26-19-11-13-21(14-12-19)32-20-8-3-2-4-9-20/h2-14H,15-17H2,1H3,(H,26,28)(H,27,29). The molecule has 0 radical (unpaired) electrons. The molecule has 0 aliphatic carbocycles. The maximum Gasteiger partial charge on any atom is 0.306 e. The number of benzene rings is 3. The van der Waals surface area contributed by atoms with Crippen LogP contribution in [0.5, 0.6) is 11.5 Å². The van der Waals surface area contributed by atoms with E-state index in [0.717, 1.165) is 11.3 Å². The van der Waals surface area contributed by atoms with Gasteiger partial charge in [0.15, 0.2) is 6.61 Å². The second-order valence-electron chi connectivity index (χ2n) is 7.01. The molecule has 0 fully saturated rings. The van der Waals surface area contributed by atoms with Crippen LogP contribution in [0.1, 0.15) is 18.4 Å². The van der Waals surface area contributed by atoms with Crippen LogP contribution in [0, 0.1) is 6.92 Å². The minimum Gasteiger partial charge on any atom is -0.457 e. The summed E-state index contributed by atoms with van der Waals surface area (Å²) >= 11 is 0. The zero-order valence-electron chi connectivity index (χ0n) is 17.7. The van der Waals surface area contributed by atoms with Gasteiger partial charge in [-0.15, -0.1) is 0 Å². The highest BCUT2D eigenvalue weighted by Gasteiger charge is 2.11. The molecule has 0 heterocycles. The van der Waals surface area contributed by atoms with E-state index < -0.39 is 18.5 Å². The molecule has 3 aromatic carbocycles. The normalized spacial score (nSPS) is 10.2. The van der Waals surface area contributed by atoms with Crippen LogP contribution in [0.15, 0.2) is 78.9 Å². The third-order valence-electron chi connectivity index (χ3n) is 4.46. The summed E-state index contributed by atoms with van der Waals surface area (Å²) < 4.78 is 10.6. The number of aryl methyl sites for hydroxylation is 1. The Morgan fingerprint density at radius 3 is 2.09 bits per heavy atom. The summed E-state index contributed by atoms with van der Waals surface area (Å²) in [6.45, 7) is 1.46. The highest BCUT2D eigenvalue weighted by molar-refractivity contribution is 5.94. The lowest BCUT2D eigenvalue weighted by Gasteiger charge is -2.09. The van der Waals surface area contributed by atoms with Crippen LogP contribution in [-0.4, -0.2) is 24.4 Å². The Bertz CT molecular complexity index is 1070. The average molecular weight is 432 g/mol. The first kappa shape index (κ1) is 22.6. The summed E-state index contributed by atoms with van der Waals surface area (Å²) in [5, 5.41) is 5.39. The largest absolute Gasteiger partial charge is 0.457 e. The predicted molar refractivity (Wildman–Crippen MR) is 122 cm³/mol. The number of carbonyl (C=O) groups is 3. The number of nitrogens with one attached hydrogen (secondary N) is 2. The zero-order chi connectivity index (χ0) is 22.8. The molecule has 2 N–H and O–H groups in total. The van der Waals surface area contributed by atoms with Gasteiger partial charge in [0.2, 0.25) is 5.91 Å². The third-order valence-corrected chi connectivity index (χ3v) is 4.46. The molecule has 0 unspecified atom stereocenters. The lowest BCUT2D eigenvalue weighted by Crippen LogP contribution is -2.22. The molecule has 0 bridgehead atoms. The topological polar surface area (TPSA) is 93.7 Å². The van der Waals surface area contributed by atoms with Gasteiger partial charge in [-0.25, -0.2) is 0 Å². The monoisotopic (exact) mass is 432 g/mol. The lowest BCUT2D eigenvalue weighted by atomic mass is 10.2. The molecule has 3 rings (SSSR count). The van der Waals surface area contributed by atoms with Crippen molar-refractivity contribution in [1.29, 1.82) is 0 Å². The molecule has 0 atom stereocenters. The molecule has 0 saturated carbocycles. The molecule has 164 valence electrons. The fraction of sp³-hybridized carbons (Fsp3) is 0.160. The van der Waals surface area contributed by atoms with Crippen LogP contribution >= 0.6 is 0 Å². The van der Waals surface area contributed by atoms with Gasteiger partial charge in [-0.1, -0.05) is 36.4 Å². The van der Waals surface area contributed by atoms with E-state index in [4.69, 9.17) is 9.47 Å². The first-order valence-electron chi connectivity index (χ1n) is 10.1. The number of esters is 1. The van der Waals surface area contributed by atoms with E-state index in [-0.39, 0.29) is 18.7 Å². The van der Waals surface area contributed by atoms with Crippen LogP contribution in [0.2, 0.25) is 0 Å². The quantitative estimate of drug-likeness (QED) is 0.479. The Kier molecular flexibility index (Phi) is 7.97. The Hall–Kier alpha value is -4.13. The van der Waals surface area contributed by atoms with E-state index in [1.54, 1.807) is 36.4 Å². The number of anilines is 2. The van der Waals surface area contributed by atoms with Crippen molar-refractivity contribution in [2.75, 3.05) is 17.2 Å². The van der Waals surface area contributed by atoms with Crippen LogP contribution in [0.4, 0.5) is 11.4 Å². The number of rotatable bonds is 9. The van der Waals surface area contributed by atoms with E-state index in [9.17, 15) is 14.4 Å². The molecule has 0 spiro atoms. The number of hydrogen-bond donors (Lipinski definition) is 2. The molecule has 7 nitrogen and oxygen atoms in total. The van der Waals surface area contributed by atoms with E-state index >= 15 is 0 Å². The zero-order valence-corrected chi connectivity index (χ0v) is 17.7. The van der Waals surface area contributed by atoms with Crippen molar-refractivity contribution in [2.45, 2.75) is 19.8 Å². The first-order valence-corrected chi connectivity index (χ1v) is 10.1. The predicted octanol–water partition coefficient (Wildman–Crippen LogP) is 4.69. The molecule has 32 heavy (non-hydrogen) atoms. The SMILES string of the molecule is Cc1ccccc1NC(=O)COC(=O)CCC(=O)Nc1ccc(Oc2ccccc2)cc1. The van der Waals surface area contributed by atoms with E-state index in [2.05, 4.69) is 10.6 Å². The lowest BCUT2D eigenvalue weighted by molar-refractivity contribution is -0.147. The van der Waals surface area contributed by atoms with Gasteiger partial charge in [0, 0.05) is 17.8 Å². The fourth-order valence-electron chi connectivity index (χ4n) is 2.79. The minimum absolute atomic E-state index is 0.0550. The summed E-state index contributed by atoms with van der Waals surface area (Å²) in [6, 6.07) is 23.6. The van der Waals surface area contributed by atoms with Gasteiger partial charge in [0.05, 0.1) is 6.42 Å². The van der Waals surface area contributed by atoms with Gasteiger partial charge < -0.3 is 20.1 Å². The molecular formula is C25H24N2O5.